The Labute approximate surface area is 122 Å². The Morgan fingerprint density at radius 3 is 2.90 bits per heavy atom. The molecular weight excluding hydrogens is 292 g/mol. The third-order valence-corrected chi connectivity index (χ3v) is 4.18. The highest BCUT2D eigenvalue weighted by Crippen LogP contribution is 2.30. The number of hydrogen-bond donors (Lipinski definition) is 1. The minimum atomic E-state index is -3.89. The number of hydrogen-bond acceptors (Lipinski definition) is 5. The maximum absolute atomic E-state index is 11.6. The third kappa shape index (κ3) is 2.52. The quantitative estimate of drug-likeness (QED) is 0.906. The summed E-state index contributed by atoms with van der Waals surface area (Å²) in [7, 11) is -3.89. The Balaban J connectivity index is 2.12. The van der Waals surface area contributed by atoms with Crippen LogP contribution in [0.25, 0.3) is 11.4 Å². The number of aromatic nitrogens is 3. The molecule has 0 saturated carbocycles. The first kappa shape index (κ1) is 14.0. The third-order valence-electron chi connectivity index (χ3n) is 3.37. The van der Waals surface area contributed by atoms with Gasteiger partial charge in [0.2, 0.25) is 0 Å². The van der Waals surface area contributed by atoms with Gasteiger partial charge in [-0.3, -0.25) is 4.57 Å². The van der Waals surface area contributed by atoms with E-state index in [0.29, 0.717) is 19.0 Å². The zero-order valence-corrected chi connectivity index (χ0v) is 12.4. The summed E-state index contributed by atoms with van der Waals surface area (Å²) in [6.45, 7) is 3.11. The van der Waals surface area contributed by atoms with E-state index in [1.807, 2.05) is 25.1 Å². The monoisotopic (exact) mass is 308 g/mol. The average Bonchev–Trinajstić information content (AvgIpc) is 3.03. The van der Waals surface area contributed by atoms with E-state index < -0.39 is 10.0 Å². The van der Waals surface area contributed by atoms with Crippen LogP contribution < -0.4 is 9.88 Å². The van der Waals surface area contributed by atoms with E-state index in [4.69, 9.17) is 9.88 Å². The summed E-state index contributed by atoms with van der Waals surface area (Å²) < 4.78 is 30.2. The van der Waals surface area contributed by atoms with Crippen molar-refractivity contribution in [3.8, 4) is 17.1 Å². The molecule has 3 rings (SSSR count). The molecule has 2 N–H and O–H groups in total. The van der Waals surface area contributed by atoms with Gasteiger partial charge >= 0.3 is 0 Å². The van der Waals surface area contributed by atoms with Gasteiger partial charge in [0, 0.05) is 18.5 Å². The Kier molecular flexibility index (Phi) is 3.42. The lowest BCUT2D eigenvalue weighted by atomic mass is 10.1. The van der Waals surface area contributed by atoms with Crippen molar-refractivity contribution in [3.63, 3.8) is 0 Å². The molecule has 1 aliphatic rings. The van der Waals surface area contributed by atoms with Gasteiger partial charge in [-0.15, -0.1) is 10.2 Å². The summed E-state index contributed by atoms with van der Waals surface area (Å²) in [5.41, 5.74) is 1.91. The van der Waals surface area contributed by atoms with Crippen molar-refractivity contribution >= 4 is 10.0 Å². The number of rotatable bonds is 4. The fourth-order valence-electron chi connectivity index (χ4n) is 2.46. The van der Waals surface area contributed by atoms with Crippen molar-refractivity contribution in [1.82, 2.24) is 14.8 Å². The lowest BCUT2D eigenvalue weighted by Crippen LogP contribution is -2.19. The fourth-order valence-corrected chi connectivity index (χ4v) is 3.10. The highest BCUT2D eigenvalue weighted by Gasteiger charge is 2.22. The van der Waals surface area contributed by atoms with E-state index in [0.717, 1.165) is 29.7 Å². The molecule has 1 aromatic heterocycles. The Bertz CT molecular complexity index is 783. The van der Waals surface area contributed by atoms with Crippen LogP contribution in [0.4, 0.5) is 0 Å². The average molecular weight is 308 g/mol. The van der Waals surface area contributed by atoms with E-state index in [-0.39, 0.29) is 5.16 Å². The van der Waals surface area contributed by atoms with Gasteiger partial charge in [-0.2, -0.15) is 0 Å². The molecule has 2 aromatic rings. The van der Waals surface area contributed by atoms with Crippen LogP contribution in [-0.4, -0.2) is 29.8 Å². The molecule has 0 radical (unpaired) electrons. The summed E-state index contributed by atoms with van der Waals surface area (Å²) in [6.07, 6.45) is 1.59. The molecule has 1 aromatic carbocycles. The van der Waals surface area contributed by atoms with Crippen LogP contribution in [-0.2, 0) is 23.0 Å². The van der Waals surface area contributed by atoms with Crippen molar-refractivity contribution in [2.24, 2.45) is 5.14 Å². The molecule has 0 unspecified atom stereocenters. The van der Waals surface area contributed by atoms with Gasteiger partial charge in [-0.1, -0.05) is 6.92 Å². The first-order valence-electron chi connectivity index (χ1n) is 6.73. The van der Waals surface area contributed by atoms with Gasteiger partial charge < -0.3 is 4.74 Å². The van der Waals surface area contributed by atoms with Crippen molar-refractivity contribution in [2.45, 2.75) is 31.5 Å². The molecule has 2 heterocycles. The highest BCUT2D eigenvalue weighted by atomic mass is 32.2. The summed E-state index contributed by atoms with van der Waals surface area (Å²) in [5.74, 6) is 1.38. The van der Waals surface area contributed by atoms with Crippen molar-refractivity contribution < 1.29 is 13.2 Å². The van der Waals surface area contributed by atoms with Gasteiger partial charge in [-0.05, 0) is 30.2 Å². The zero-order chi connectivity index (χ0) is 15.0. The molecule has 1 aliphatic heterocycles. The van der Waals surface area contributed by atoms with Crippen LogP contribution in [0.1, 0.15) is 18.9 Å². The van der Waals surface area contributed by atoms with E-state index in [1.54, 1.807) is 4.57 Å². The summed E-state index contributed by atoms with van der Waals surface area (Å²) in [4.78, 5) is 0. The van der Waals surface area contributed by atoms with Crippen molar-refractivity contribution in [3.05, 3.63) is 23.8 Å². The number of nitrogens with zero attached hydrogens (tertiary/aromatic N) is 3. The minimum absolute atomic E-state index is 0.198. The van der Waals surface area contributed by atoms with Crippen molar-refractivity contribution in [2.75, 3.05) is 6.61 Å². The Morgan fingerprint density at radius 2 is 2.19 bits per heavy atom. The van der Waals surface area contributed by atoms with Crippen LogP contribution in [0.5, 0.6) is 5.75 Å². The lowest BCUT2D eigenvalue weighted by molar-refractivity contribution is 0.357. The topological polar surface area (TPSA) is 100 Å². The van der Waals surface area contributed by atoms with Gasteiger partial charge in [0.15, 0.2) is 5.82 Å². The number of primary sulfonamides is 1. The van der Waals surface area contributed by atoms with Crippen LogP contribution >= 0.6 is 0 Å². The molecule has 112 valence electrons. The maximum atomic E-state index is 11.6. The van der Waals surface area contributed by atoms with Gasteiger partial charge in [0.05, 0.1) is 6.61 Å². The number of benzene rings is 1. The van der Waals surface area contributed by atoms with E-state index in [2.05, 4.69) is 10.2 Å². The molecule has 0 atom stereocenters. The van der Waals surface area contributed by atoms with E-state index >= 15 is 0 Å². The molecule has 21 heavy (non-hydrogen) atoms. The first-order valence-corrected chi connectivity index (χ1v) is 8.27. The molecule has 8 heteroatoms. The van der Waals surface area contributed by atoms with Gasteiger partial charge in [-0.25, -0.2) is 13.6 Å². The molecule has 0 fully saturated rings. The number of sulfonamides is 1. The van der Waals surface area contributed by atoms with Gasteiger partial charge in [0.1, 0.15) is 5.75 Å². The first-order chi connectivity index (χ1) is 10.0. The maximum Gasteiger partial charge on any atom is 0.273 e. The SMILES string of the molecule is CCCn1c(-c2ccc3c(c2)CCO3)nnc1S(N)(=O)=O. The Hall–Kier alpha value is -1.93. The molecule has 0 amide bonds. The standard InChI is InChI=1S/C13H16N4O3S/c1-2-6-17-12(15-16-13(17)21(14,18)19)10-3-4-11-9(8-10)5-7-20-11/h3-4,8H,2,5-7H2,1H3,(H2,14,18,19). The largest absolute Gasteiger partial charge is 0.493 e. The predicted octanol–water partition coefficient (Wildman–Crippen LogP) is 0.937. The molecule has 0 aliphatic carbocycles. The summed E-state index contributed by atoms with van der Waals surface area (Å²) in [6, 6.07) is 5.69. The van der Waals surface area contributed by atoms with Crippen LogP contribution in [0.3, 0.4) is 0 Å². The van der Waals surface area contributed by atoms with E-state index in [1.165, 1.54) is 0 Å². The number of fused-ring (bicyclic) bond motifs is 1. The number of ether oxygens (including phenoxy) is 1. The van der Waals surface area contributed by atoms with Crippen LogP contribution in [0.15, 0.2) is 23.4 Å². The summed E-state index contributed by atoms with van der Waals surface area (Å²) >= 11 is 0. The highest BCUT2D eigenvalue weighted by molar-refractivity contribution is 7.89. The predicted molar refractivity (Wildman–Crippen MR) is 76.3 cm³/mol. The molecule has 0 bridgehead atoms. The molecular formula is C13H16N4O3S. The lowest BCUT2D eigenvalue weighted by Gasteiger charge is -2.08. The smallest absolute Gasteiger partial charge is 0.273 e. The molecule has 0 spiro atoms. The summed E-state index contributed by atoms with van der Waals surface area (Å²) in [5, 5.41) is 12.8. The van der Waals surface area contributed by atoms with Crippen LogP contribution in [0, 0.1) is 0 Å². The normalized spacial score (nSPS) is 14.0. The molecule has 0 saturated heterocycles. The van der Waals surface area contributed by atoms with Crippen molar-refractivity contribution in [1.29, 1.82) is 0 Å². The minimum Gasteiger partial charge on any atom is -0.493 e. The zero-order valence-electron chi connectivity index (χ0n) is 11.6. The Morgan fingerprint density at radius 1 is 1.38 bits per heavy atom. The van der Waals surface area contributed by atoms with Crippen LogP contribution in [0.2, 0.25) is 0 Å². The van der Waals surface area contributed by atoms with Gasteiger partial charge in [0.25, 0.3) is 15.2 Å². The second-order valence-electron chi connectivity index (χ2n) is 4.92. The second kappa shape index (κ2) is 5.12. The fraction of sp³-hybridized carbons (Fsp3) is 0.385. The second-order valence-corrected chi connectivity index (χ2v) is 6.38. The molecule has 7 nitrogen and oxygen atoms in total. The number of nitrogens with two attached hydrogens (primary N) is 1. The van der Waals surface area contributed by atoms with E-state index in [9.17, 15) is 8.42 Å².